The largest absolute Gasteiger partial charge is 0.481 e. The highest BCUT2D eigenvalue weighted by Crippen LogP contribution is 2.42. The van der Waals surface area contributed by atoms with Gasteiger partial charge in [0.1, 0.15) is 0 Å². The molecule has 2 saturated heterocycles. The summed E-state index contributed by atoms with van der Waals surface area (Å²) in [5.41, 5.74) is 0.863. The number of urea groups is 1. The zero-order chi connectivity index (χ0) is 28.8. The molecule has 3 aliphatic heterocycles. The number of nitrogens with zero attached hydrogens (tertiary/aromatic N) is 5. The van der Waals surface area contributed by atoms with Crippen LogP contribution in [0.25, 0.3) is 0 Å². The van der Waals surface area contributed by atoms with Crippen LogP contribution in [0.3, 0.4) is 0 Å². The van der Waals surface area contributed by atoms with Gasteiger partial charge in [0.25, 0.3) is 0 Å². The summed E-state index contributed by atoms with van der Waals surface area (Å²) in [5.74, 6) is -0.629. The molecule has 3 amide bonds. The molecule has 3 aliphatic rings. The molecule has 4 rings (SSSR count). The van der Waals surface area contributed by atoms with E-state index in [1.54, 1.807) is 16.8 Å². The Labute approximate surface area is 237 Å². The second kappa shape index (κ2) is 13.5. The summed E-state index contributed by atoms with van der Waals surface area (Å²) < 4.78 is 11.0. The molecular weight excluding hydrogens is 514 g/mol. The van der Waals surface area contributed by atoms with Crippen molar-refractivity contribution in [2.45, 2.75) is 44.6 Å². The predicted octanol–water partition coefficient (Wildman–Crippen LogP) is 2.22. The van der Waals surface area contributed by atoms with Crippen molar-refractivity contribution in [1.82, 2.24) is 24.5 Å². The van der Waals surface area contributed by atoms with Crippen molar-refractivity contribution in [3.8, 4) is 11.5 Å². The fourth-order valence-electron chi connectivity index (χ4n) is 6.09. The SMILES string of the molecule is CCCCN(CCCN(C)C)C(=O)CN1C[C@H](c2ccc3c(c2)OCO3)[C@@H](C(=O)O)[C@@H]1CCN1CCN(C)C1=O. The number of carboxylic acid groups (broad SMARTS) is 1. The van der Waals surface area contributed by atoms with Gasteiger partial charge >= 0.3 is 12.0 Å². The lowest BCUT2D eigenvalue weighted by Gasteiger charge is -2.31. The van der Waals surface area contributed by atoms with Crippen molar-refractivity contribution in [2.75, 3.05) is 80.3 Å². The smallest absolute Gasteiger partial charge is 0.319 e. The molecule has 0 aromatic heterocycles. The van der Waals surface area contributed by atoms with Gasteiger partial charge in [-0.15, -0.1) is 0 Å². The van der Waals surface area contributed by atoms with Gasteiger partial charge in [-0.25, -0.2) is 4.79 Å². The normalized spacial score (nSPS) is 22.5. The molecule has 0 spiro atoms. The molecule has 1 aromatic carbocycles. The third-order valence-corrected chi connectivity index (χ3v) is 8.36. The van der Waals surface area contributed by atoms with Crippen LogP contribution in [0.2, 0.25) is 0 Å². The van der Waals surface area contributed by atoms with E-state index in [4.69, 9.17) is 9.47 Å². The average molecular weight is 560 g/mol. The number of likely N-dealkylation sites (tertiary alicyclic amines) is 1. The Bertz CT molecular complexity index is 1050. The molecule has 40 heavy (non-hydrogen) atoms. The molecular formula is C29H45N5O6. The molecule has 11 heteroatoms. The molecule has 0 unspecified atom stereocenters. The van der Waals surface area contributed by atoms with E-state index >= 15 is 0 Å². The van der Waals surface area contributed by atoms with Crippen LogP contribution < -0.4 is 9.47 Å². The molecule has 1 N–H and O–H groups in total. The Morgan fingerprint density at radius 1 is 1.07 bits per heavy atom. The molecule has 222 valence electrons. The number of carboxylic acids is 1. The number of carbonyl (C=O) groups is 3. The second-order valence-electron chi connectivity index (χ2n) is 11.5. The first-order chi connectivity index (χ1) is 19.2. The van der Waals surface area contributed by atoms with Crippen molar-refractivity contribution < 1.29 is 29.0 Å². The number of hydrogen-bond acceptors (Lipinski definition) is 7. The van der Waals surface area contributed by atoms with Crippen LogP contribution in [0.15, 0.2) is 18.2 Å². The summed E-state index contributed by atoms with van der Waals surface area (Å²) >= 11 is 0. The third-order valence-electron chi connectivity index (χ3n) is 8.36. The van der Waals surface area contributed by atoms with E-state index in [0.717, 1.165) is 31.4 Å². The van der Waals surface area contributed by atoms with Crippen LogP contribution in [0, 0.1) is 5.92 Å². The quantitative estimate of drug-likeness (QED) is 0.370. The van der Waals surface area contributed by atoms with Gasteiger partial charge in [0.2, 0.25) is 12.7 Å². The van der Waals surface area contributed by atoms with Crippen molar-refractivity contribution in [3.05, 3.63) is 23.8 Å². The topological polar surface area (TPSA) is 106 Å². The lowest BCUT2D eigenvalue weighted by molar-refractivity contribution is -0.144. The van der Waals surface area contributed by atoms with Crippen molar-refractivity contribution in [3.63, 3.8) is 0 Å². The van der Waals surface area contributed by atoms with E-state index in [0.29, 0.717) is 57.2 Å². The number of likely N-dealkylation sites (N-methyl/N-ethyl adjacent to an activating group) is 1. The summed E-state index contributed by atoms with van der Waals surface area (Å²) in [5, 5.41) is 10.5. The first-order valence-electron chi connectivity index (χ1n) is 14.5. The van der Waals surface area contributed by atoms with Crippen LogP contribution in [-0.2, 0) is 9.59 Å². The Morgan fingerprint density at radius 2 is 1.82 bits per heavy atom. The van der Waals surface area contributed by atoms with Crippen LogP contribution in [0.4, 0.5) is 4.79 Å². The first-order valence-corrected chi connectivity index (χ1v) is 14.5. The van der Waals surface area contributed by atoms with E-state index in [1.165, 1.54) is 0 Å². The zero-order valence-corrected chi connectivity index (χ0v) is 24.4. The van der Waals surface area contributed by atoms with Crippen LogP contribution in [0.5, 0.6) is 11.5 Å². The molecule has 0 bridgehead atoms. The minimum Gasteiger partial charge on any atom is -0.481 e. The number of aliphatic carboxylic acids is 1. The van der Waals surface area contributed by atoms with Gasteiger partial charge in [0.05, 0.1) is 12.5 Å². The van der Waals surface area contributed by atoms with Gasteiger partial charge < -0.3 is 34.2 Å². The van der Waals surface area contributed by atoms with E-state index in [9.17, 15) is 19.5 Å². The van der Waals surface area contributed by atoms with Gasteiger partial charge in [-0.1, -0.05) is 19.4 Å². The maximum absolute atomic E-state index is 13.7. The lowest BCUT2D eigenvalue weighted by Crippen LogP contribution is -2.46. The van der Waals surface area contributed by atoms with Gasteiger partial charge in [-0.2, -0.15) is 0 Å². The zero-order valence-electron chi connectivity index (χ0n) is 24.4. The Hall–Kier alpha value is -3.05. The third kappa shape index (κ3) is 6.98. The number of benzene rings is 1. The van der Waals surface area contributed by atoms with Crippen LogP contribution >= 0.6 is 0 Å². The van der Waals surface area contributed by atoms with E-state index in [-0.39, 0.29) is 37.2 Å². The number of ether oxygens (including phenoxy) is 2. The molecule has 2 fully saturated rings. The Balaban J connectivity index is 1.55. The highest BCUT2D eigenvalue weighted by molar-refractivity contribution is 5.79. The summed E-state index contributed by atoms with van der Waals surface area (Å²) in [6.07, 6.45) is 3.29. The van der Waals surface area contributed by atoms with Crippen molar-refractivity contribution >= 4 is 17.9 Å². The van der Waals surface area contributed by atoms with Gasteiger partial charge in [0, 0.05) is 58.3 Å². The minimum atomic E-state index is -0.888. The Kier molecular flexibility index (Phi) is 10.1. The summed E-state index contributed by atoms with van der Waals surface area (Å²) in [6.45, 7) is 6.88. The fourth-order valence-corrected chi connectivity index (χ4v) is 6.09. The Morgan fingerprint density at radius 3 is 2.50 bits per heavy atom. The molecule has 3 heterocycles. The minimum absolute atomic E-state index is 0.0321. The van der Waals surface area contributed by atoms with Crippen LogP contribution in [0.1, 0.15) is 44.1 Å². The molecule has 11 nitrogen and oxygen atoms in total. The summed E-state index contributed by atoms with van der Waals surface area (Å²) in [6, 6.07) is 5.19. The van der Waals surface area contributed by atoms with Crippen molar-refractivity contribution in [2.24, 2.45) is 5.92 Å². The van der Waals surface area contributed by atoms with Gasteiger partial charge in [-0.3, -0.25) is 14.5 Å². The highest BCUT2D eigenvalue weighted by atomic mass is 16.7. The molecule has 3 atom stereocenters. The molecule has 0 saturated carbocycles. The summed E-state index contributed by atoms with van der Waals surface area (Å²) in [4.78, 5) is 48.6. The van der Waals surface area contributed by atoms with E-state index in [1.807, 2.05) is 42.1 Å². The van der Waals surface area contributed by atoms with E-state index < -0.39 is 11.9 Å². The molecule has 0 aliphatic carbocycles. The predicted molar refractivity (Wildman–Crippen MR) is 151 cm³/mol. The maximum atomic E-state index is 13.7. The average Bonchev–Trinajstić information content (AvgIpc) is 3.62. The maximum Gasteiger partial charge on any atom is 0.319 e. The van der Waals surface area contributed by atoms with E-state index in [2.05, 4.69) is 11.8 Å². The highest BCUT2D eigenvalue weighted by Gasteiger charge is 2.47. The van der Waals surface area contributed by atoms with Crippen LogP contribution in [-0.4, -0.2) is 134 Å². The number of rotatable bonds is 14. The van der Waals surface area contributed by atoms with Gasteiger partial charge in [-0.05, 0) is 57.6 Å². The van der Waals surface area contributed by atoms with Crippen molar-refractivity contribution in [1.29, 1.82) is 0 Å². The second-order valence-corrected chi connectivity index (χ2v) is 11.5. The monoisotopic (exact) mass is 559 g/mol. The van der Waals surface area contributed by atoms with Gasteiger partial charge in [0.15, 0.2) is 11.5 Å². The summed E-state index contributed by atoms with van der Waals surface area (Å²) in [7, 11) is 5.83. The number of hydrogen-bond donors (Lipinski definition) is 1. The lowest BCUT2D eigenvalue weighted by atomic mass is 9.84. The first kappa shape index (κ1) is 29.9. The fraction of sp³-hybridized carbons (Fsp3) is 0.690. The number of fused-ring (bicyclic) bond motifs is 1. The molecule has 0 radical (unpaired) electrons. The standard InChI is InChI=1S/C29H45N5O6/c1-5-6-12-32(13-7-11-30(2)3)26(35)19-34-18-22(21-8-9-24-25(17-21)40-20-39-24)27(28(36)37)23(34)10-14-33-16-15-31(4)29(33)38/h8-9,17,22-23,27H,5-7,10-16,18-20H2,1-4H3,(H,36,37)/t22-,23+,27-/m1/s1. The number of amides is 3. The number of unbranched alkanes of at least 4 members (excludes halogenated alkanes) is 1. The molecule has 1 aromatic rings. The number of carbonyl (C=O) groups excluding carboxylic acids is 2.